The van der Waals surface area contributed by atoms with Crippen molar-refractivity contribution in [2.45, 2.75) is 26.8 Å². The minimum atomic E-state index is -0.216. The Labute approximate surface area is 143 Å². The Kier molecular flexibility index (Phi) is 3.54. The summed E-state index contributed by atoms with van der Waals surface area (Å²) >= 11 is 2.84. The fourth-order valence-corrected chi connectivity index (χ4v) is 4.34. The van der Waals surface area contributed by atoms with Gasteiger partial charge >= 0.3 is 0 Å². The molecule has 9 heteroatoms. The highest BCUT2D eigenvalue weighted by molar-refractivity contribution is 7.18. The molecule has 0 radical (unpaired) electrons. The molecule has 0 saturated carbocycles. The van der Waals surface area contributed by atoms with E-state index in [2.05, 4.69) is 22.0 Å². The van der Waals surface area contributed by atoms with E-state index in [4.69, 9.17) is 0 Å². The summed E-state index contributed by atoms with van der Waals surface area (Å²) in [7, 11) is 0. The molecule has 0 atom stereocenters. The zero-order valence-corrected chi connectivity index (χ0v) is 14.6. The number of hydrogen-bond acceptors (Lipinski definition) is 7. The zero-order chi connectivity index (χ0) is 16.8. The zero-order valence-electron chi connectivity index (χ0n) is 13.0. The molecule has 4 aromatic heterocycles. The van der Waals surface area contributed by atoms with Crippen molar-refractivity contribution < 1.29 is 0 Å². The molecule has 24 heavy (non-hydrogen) atoms. The van der Waals surface area contributed by atoms with Crippen LogP contribution in [0, 0.1) is 6.92 Å². The lowest BCUT2D eigenvalue weighted by molar-refractivity contribution is 0.722. The van der Waals surface area contributed by atoms with Gasteiger partial charge < -0.3 is 0 Å². The number of aromatic nitrogens is 5. The maximum atomic E-state index is 12.6. The maximum Gasteiger partial charge on any atom is 0.275 e. The number of hydrogen-bond donors (Lipinski definition) is 0. The summed E-state index contributed by atoms with van der Waals surface area (Å²) in [6, 6.07) is 3.34. The summed E-state index contributed by atoms with van der Waals surface area (Å²) in [5.74, 6) is 0. The SMILES string of the molecule is CCc1cc2c(=O)n(Cc3nn4c(=O)cc(C)nc4s3)cnc2s1. The Morgan fingerprint density at radius 2 is 2.04 bits per heavy atom. The summed E-state index contributed by atoms with van der Waals surface area (Å²) < 4.78 is 2.79. The molecule has 0 N–H and O–H groups in total. The summed E-state index contributed by atoms with van der Waals surface area (Å²) in [6.07, 6.45) is 2.42. The monoisotopic (exact) mass is 359 g/mol. The van der Waals surface area contributed by atoms with E-state index in [0.29, 0.717) is 21.0 Å². The van der Waals surface area contributed by atoms with Crippen molar-refractivity contribution >= 4 is 37.9 Å². The van der Waals surface area contributed by atoms with Crippen LogP contribution in [0.3, 0.4) is 0 Å². The molecule has 7 nitrogen and oxygen atoms in total. The quantitative estimate of drug-likeness (QED) is 0.557. The predicted molar refractivity (Wildman–Crippen MR) is 94.2 cm³/mol. The number of rotatable bonds is 3. The fourth-order valence-electron chi connectivity index (χ4n) is 2.47. The second-order valence-electron chi connectivity index (χ2n) is 5.39. The van der Waals surface area contributed by atoms with Gasteiger partial charge in [-0.05, 0) is 19.4 Å². The molecule has 0 saturated heterocycles. The Morgan fingerprint density at radius 1 is 1.21 bits per heavy atom. The summed E-state index contributed by atoms with van der Waals surface area (Å²) in [6.45, 7) is 4.09. The van der Waals surface area contributed by atoms with Crippen molar-refractivity contribution in [3.8, 4) is 0 Å². The van der Waals surface area contributed by atoms with E-state index in [0.717, 1.165) is 16.1 Å². The topological polar surface area (TPSA) is 82.1 Å². The lowest BCUT2D eigenvalue weighted by Crippen LogP contribution is -2.21. The minimum Gasteiger partial charge on any atom is -0.292 e. The molecule has 0 bridgehead atoms. The minimum absolute atomic E-state index is 0.0910. The summed E-state index contributed by atoms with van der Waals surface area (Å²) in [5, 5.41) is 5.54. The third-order valence-electron chi connectivity index (χ3n) is 3.64. The second-order valence-corrected chi connectivity index (χ2v) is 7.54. The average molecular weight is 359 g/mol. The molecule has 4 aromatic rings. The molecule has 0 aromatic carbocycles. The molecule has 0 amide bonds. The van der Waals surface area contributed by atoms with Gasteiger partial charge in [-0.1, -0.05) is 18.3 Å². The van der Waals surface area contributed by atoms with Crippen molar-refractivity contribution in [2.75, 3.05) is 0 Å². The number of aryl methyl sites for hydroxylation is 2. The van der Waals surface area contributed by atoms with Gasteiger partial charge in [-0.25, -0.2) is 9.97 Å². The van der Waals surface area contributed by atoms with Crippen LogP contribution in [0.5, 0.6) is 0 Å². The van der Waals surface area contributed by atoms with Crippen LogP contribution in [0.15, 0.2) is 28.0 Å². The Balaban J connectivity index is 1.79. The fraction of sp³-hybridized carbons (Fsp3) is 0.267. The van der Waals surface area contributed by atoms with Gasteiger partial charge in [-0.3, -0.25) is 14.2 Å². The largest absolute Gasteiger partial charge is 0.292 e. The number of thiophene rings is 1. The smallest absolute Gasteiger partial charge is 0.275 e. The lowest BCUT2D eigenvalue weighted by Gasteiger charge is -2.01. The molecule has 4 rings (SSSR count). The van der Waals surface area contributed by atoms with E-state index in [1.165, 1.54) is 32.8 Å². The number of fused-ring (bicyclic) bond motifs is 2. The third kappa shape index (κ3) is 2.45. The van der Waals surface area contributed by atoms with E-state index in [9.17, 15) is 9.59 Å². The molecule has 0 aliphatic heterocycles. The third-order valence-corrected chi connectivity index (χ3v) is 5.72. The van der Waals surface area contributed by atoms with Gasteiger partial charge in [0.25, 0.3) is 11.1 Å². The van der Waals surface area contributed by atoms with E-state index < -0.39 is 0 Å². The van der Waals surface area contributed by atoms with Crippen molar-refractivity contribution in [1.29, 1.82) is 0 Å². The molecule has 4 heterocycles. The predicted octanol–water partition coefficient (Wildman–Crippen LogP) is 1.84. The van der Waals surface area contributed by atoms with Crippen LogP contribution in [-0.4, -0.2) is 24.1 Å². The van der Waals surface area contributed by atoms with Gasteiger partial charge in [-0.15, -0.1) is 11.3 Å². The molecular formula is C15H13N5O2S2. The van der Waals surface area contributed by atoms with Gasteiger partial charge in [0.05, 0.1) is 18.3 Å². The Hall–Kier alpha value is -2.39. The van der Waals surface area contributed by atoms with Crippen molar-refractivity contribution in [3.05, 3.63) is 54.7 Å². The first-order valence-corrected chi connectivity index (χ1v) is 9.02. The van der Waals surface area contributed by atoms with Crippen molar-refractivity contribution in [2.24, 2.45) is 0 Å². The van der Waals surface area contributed by atoms with Crippen LogP contribution in [0.2, 0.25) is 0 Å². The van der Waals surface area contributed by atoms with Crippen LogP contribution in [0.25, 0.3) is 15.2 Å². The van der Waals surface area contributed by atoms with Crippen LogP contribution >= 0.6 is 22.7 Å². The van der Waals surface area contributed by atoms with E-state index >= 15 is 0 Å². The van der Waals surface area contributed by atoms with Crippen LogP contribution in [-0.2, 0) is 13.0 Å². The first-order chi connectivity index (χ1) is 11.5. The average Bonchev–Trinajstić information content (AvgIpc) is 3.14. The van der Waals surface area contributed by atoms with Gasteiger partial charge in [0, 0.05) is 16.6 Å². The molecule has 0 spiro atoms. The van der Waals surface area contributed by atoms with Gasteiger partial charge in [0.15, 0.2) is 0 Å². The first kappa shape index (κ1) is 15.2. The molecule has 0 aliphatic carbocycles. The molecule has 0 unspecified atom stereocenters. The second kappa shape index (κ2) is 5.60. The van der Waals surface area contributed by atoms with Gasteiger partial charge in [0.2, 0.25) is 4.96 Å². The Bertz CT molecular complexity index is 1180. The van der Waals surface area contributed by atoms with Gasteiger partial charge in [0.1, 0.15) is 9.84 Å². The summed E-state index contributed by atoms with van der Waals surface area (Å²) in [4.78, 5) is 35.6. The molecule has 122 valence electrons. The number of nitrogens with zero attached hydrogens (tertiary/aromatic N) is 5. The normalized spacial score (nSPS) is 11.6. The Morgan fingerprint density at radius 3 is 2.83 bits per heavy atom. The molecule has 0 aliphatic rings. The van der Waals surface area contributed by atoms with E-state index in [1.54, 1.807) is 18.3 Å². The standard InChI is InChI=1S/C15H13N5O2S2/c1-3-9-5-10-13(23-9)16-7-19(14(10)22)6-11-18-20-12(21)4-8(2)17-15(20)24-11/h4-5,7H,3,6H2,1-2H3. The van der Waals surface area contributed by atoms with Crippen LogP contribution in [0.1, 0.15) is 22.5 Å². The van der Waals surface area contributed by atoms with Crippen molar-refractivity contribution in [3.63, 3.8) is 0 Å². The first-order valence-electron chi connectivity index (χ1n) is 7.39. The lowest BCUT2D eigenvalue weighted by atomic mass is 10.3. The maximum absolute atomic E-state index is 12.6. The highest BCUT2D eigenvalue weighted by Gasteiger charge is 2.12. The van der Waals surface area contributed by atoms with E-state index in [1.807, 2.05) is 6.07 Å². The highest BCUT2D eigenvalue weighted by Crippen LogP contribution is 2.21. The summed E-state index contributed by atoms with van der Waals surface area (Å²) in [5.41, 5.74) is 0.346. The molecule has 0 fully saturated rings. The van der Waals surface area contributed by atoms with E-state index in [-0.39, 0.29) is 17.7 Å². The van der Waals surface area contributed by atoms with Crippen molar-refractivity contribution in [1.82, 2.24) is 24.1 Å². The highest BCUT2D eigenvalue weighted by atomic mass is 32.1. The van der Waals surface area contributed by atoms with Gasteiger partial charge in [-0.2, -0.15) is 9.61 Å². The van der Waals surface area contributed by atoms with Crippen LogP contribution < -0.4 is 11.1 Å². The van der Waals surface area contributed by atoms with Crippen LogP contribution in [0.4, 0.5) is 0 Å². The molecular weight excluding hydrogens is 346 g/mol.